The fourth-order valence-electron chi connectivity index (χ4n) is 2.87. The minimum atomic E-state index is -3.53. The molecule has 0 unspecified atom stereocenters. The standard InChI is InChI=1S/C15H21F2N3O2S/c1-3-23(21,22)14(2)6-7-15(9-16,20-13(14)19)11-8-10(18)4-5-12(11)17/h4-5,8H,3,6-7,9,18H2,1-2H3,(H2,19,20)/t14-,15-/m1/s1. The number of nitrogens with two attached hydrogens (primary N) is 2. The number of aliphatic imine (C=N–C) groups is 1. The number of alkyl halides is 1. The summed E-state index contributed by atoms with van der Waals surface area (Å²) in [6.07, 6.45) is 0.0942. The lowest BCUT2D eigenvalue weighted by molar-refractivity contribution is 0.266. The van der Waals surface area contributed by atoms with Crippen LogP contribution in [-0.2, 0) is 15.4 Å². The molecule has 5 nitrogen and oxygen atoms in total. The Balaban J connectivity index is 2.61. The number of amidine groups is 1. The molecule has 0 saturated heterocycles. The number of rotatable bonds is 4. The zero-order valence-corrected chi connectivity index (χ0v) is 14.0. The van der Waals surface area contributed by atoms with E-state index in [1.165, 1.54) is 26.0 Å². The van der Waals surface area contributed by atoms with E-state index in [1.54, 1.807) is 0 Å². The van der Waals surface area contributed by atoms with Gasteiger partial charge in [0, 0.05) is 17.0 Å². The van der Waals surface area contributed by atoms with Gasteiger partial charge >= 0.3 is 0 Å². The topological polar surface area (TPSA) is 98.5 Å². The average Bonchev–Trinajstić information content (AvgIpc) is 2.52. The Kier molecular flexibility index (Phi) is 4.40. The lowest BCUT2D eigenvalue weighted by atomic mass is 9.81. The predicted octanol–water partition coefficient (Wildman–Crippen LogP) is 1.92. The molecule has 2 atom stereocenters. The maximum Gasteiger partial charge on any atom is 0.162 e. The van der Waals surface area contributed by atoms with Crippen molar-refractivity contribution in [1.82, 2.24) is 0 Å². The SMILES string of the molecule is CCS(=O)(=O)[C@]1(C)CC[C@@](CF)(c2cc(N)ccc2F)N=C1N. The summed E-state index contributed by atoms with van der Waals surface area (Å²) in [5, 5.41) is 0. The third-order valence-electron chi connectivity index (χ3n) is 4.67. The highest BCUT2D eigenvalue weighted by molar-refractivity contribution is 7.93. The summed E-state index contributed by atoms with van der Waals surface area (Å²) >= 11 is 0. The van der Waals surface area contributed by atoms with Crippen molar-refractivity contribution < 1.29 is 17.2 Å². The molecule has 0 fully saturated rings. The molecule has 4 N–H and O–H groups in total. The first-order chi connectivity index (χ1) is 10.6. The third kappa shape index (κ3) is 2.69. The van der Waals surface area contributed by atoms with Gasteiger partial charge in [0.1, 0.15) is 28.6 Å². The van der Waals surface area contributed by atoms with Crippen molar-refractivity contribution in [1.29, 1.82) is 0 Å². The van der Waals surface area contributed by atoms with Crippen molar-refractivity contribution in [2.75, 3.05) is 18.2 Å². The van der Waals surface area contributed by atoms with Crippen LogP contribution in [0.5, 0.6) is 0 Å². The Bertz CT molecular complexity index is 751. The van der Waals surface area contributed by atoms with Crippen LogP contribution in [0.4, 0.5) is 14.5 Å². The van der Waals surface area contributed by atoms with E-state index in [1.807, 2.05) is 0 Å². The van der Waals surface area contributed by atoms with Crippen LogP contribution in [0, 0.1) is 5.82 Å². The first-order valence-electron chi connectivity index (χ1n) is 7.31. The molecular weight excluding hydrogens is 324 g/mol. The molecule has 0 saturated carbocycles. The first-order valence-corrected chi connectivity index (χ1v) is 8.97. The number of nitrogen functional groups attached to an aromatic ring is 1. The summed E-state index contributed by atoms with van der Waals surface area (Å²) in [6.45, 7) is 2.00. The van der Waals surface area contributed by atoms with Gasteiger partial charge in [-0.1, -0.05) is 6.92 Å². The molecule has 0 radical (unpaired) electrons. The smallest absolute Gasteiger partial charge is 0.162 e. The van der Waals surface area contributed by atoms with Gasteiger partial charge in [0.25, 0.3) is 0 Å². The number of halogens is 2. The number of nitrogens with zero attached hydrogens (tertiary/aromatic N) is 1. The number of anilines is 1. The second kappa shape index (κ2) is 5.74. The monoisotopic (exact) mass is 345 g/mol. The van der Waals surface area contributed by atoms with E-state index in [2.05, 4.69) is 4.99 Å². The second-order valence-corrected chi connectivity index (χ2v) is 8.74. The van der Waals surface area contributed by atoms with Crippen LogP contribution in [0.3, 0.4) is 0 Å². The van der Waals surface area contributed by atoms with Crippen molar-refractivity contribution in [3.05, 3.63) is 29.6 Å². The molecule has 1 aliphatic rings. The Morgan fingerprint density at radius 2 is 1.96 bits per heavy atom. The van der Waals surface area contributed by atoms with Gasteiger partial charge in [-0.25, -0.2) is 17.2 Å². The van der Waals surface area contributed by atoms with Crippen LogP contribution in [0.1, 0.15) is 32.3 Å². The molecular formula is C15H21F2N3O2S. The molecule has 1 aromatic carbocycles. The molecule has 128 valence electrons. The van der Waals surface area contributed by atoms with E-state index in [0.717, 1.165) is 6.07 Å². The summed E-state index contributed by atoms with van der Waals surface area (Å²) < 4.78 is 51.2. The van der Waals surface area contributed by atoms with E-state index in [9.17, 15) is 17.2 Å². The third-order valence-corrected chi connectivity index (χ3v) is 7.22. The molecule has 0 aromatic heterocycles. The number of hydrogen-bond donors (Lipinski definition) is 2. The molecule has 1 aliphatic heterocycles. The molecule has 0 bridgehead atoms. The highest BCUT2D eigenvalue weighted by atomic mass is 32.2. The summed E-state index contributed by atoms with van der Waals surface area (Å²) in [6, 6.07) is 3.83. The van der Waals surface area contributed by atoms with Crippen molar-refractivity contribution >= 4 is 21.4 Å². The molecule has 0 spiro atoms. The second-order valence-electron chi connectivity index (χ2n) is 6.04. The minimum Gasteiger partial charge on any atom is -0.399 e. The number of benzene rings is 1. The summed E-state index contributed by atoms with van der Waals surface area (Å²) in [5.41, 5.74) is 10.3. The fourth-order valence-corrected chi connectivity index (χ4v) is 4.29. The lowest BCUT2D eigenvalue weighted by Gasteiger charge is -2.40. The number of sulfone groups is 1. The van der Waals surface area contributed by atoms with Crippen molar-refractivity contribution in [3.8, 4) is 0 Å². The largest absolute Gasteiger partial charge is 0.399 e. The van der Waals surface area contributed by atoms with Crippen LogP contribution >= 0.6 is 0 Å². The first kappa shape index (κ1) is 17.7. The summed E-state index contributed by atoms with van der Waals surface area (Å²) in [4.78, 5) is 4.12. The Labute approximate surface area is 134 Å². The predicted molar refractivity (Wildman–Crippen MR) is 87.2 cm³/mol. The molecule has 23 heavy (non-hydrogen) atoms. The molecule has 0 amide bonds. The molecule has 1 heterocycles. The maximum atomic E-state index is 14.2. The zero-order chi connectivity index (χ0) is 17.5. The Morgan fingerprint density at radius 1 is 1.30 bits per heavy atom. The van der Waals surface area contributed by atoms with E-state index in [0.29, 0.717) is 0 Å². The van der Waals surface area contributed by atoms with Gasteiger partial charge in [-0.15, -0.1) is 0 Å². The van der Waals surface area contributed by atoms with Crippen LogP contribution in [-0.4, -0.2) is 31.4 Å². The number of hydrogen-bond acceptors (Lipinski definition) is 5. The Morgan fingerprint density at radius 3 is 2.48 bits per heavy atom. The molecule has 8 heteroatoms. The minimum absolute atomic E-state index is 0.00102. The van der Waals surface area contributed by atoms with E-state index in [-0.39, 0.29) is 35.7 Å². The quantitative estimate of drug-likeness (QED) is 0.815. The van der Waals surface area contributed by atoms with Gasteiger partial charge in [0.15, 0.2) is 9.84 Å². The van der Waals surface area contributed by atoms with Crippen molar-refractivity contribution in [2.45, 2.75) is 37.0 Å². The highest BCUT2D eigenvalue weighted by Crippen LogP contribution is 2.42. The average molecular weight is 345 g/mol. The lowest BCUT2D eigenvalue weighted by Crippen LogP contribution is -2.54. The van der Waals surface area contributed by atoms with Crippen LogP contribution in [0.15, 0.2) is 23.2 Å². The normalized spacial score (nSPS) is 28.4. The van der Waals surface area contributed by atoms with Gasteiger partial charge in [0.2, 0.25) is 0 Å². The summed E-state index contributed by atoms with van der Waals surface area (Å²) in [7, 11) is -3.53. The van der Waals surface area contributed by atoms with Crippen LogP contribution in [0.25, 0.3) is 0 Å². The van der Waals surface area contributed by atoms with Crippen LogP contribution < -0.4 is 11.5 Å². The molecule has 1 aromatic rings. The summed E-state index contributed by atoms with van der Waals surface area (Å²) in [5.74, 6) is -0.935. The van der Waals surface area contributed by atoms with Gasteiger partial charge in [-0.2, -0.15) is 0 Å². The van der Waals surface area contributed by atoms with Gasteiger partial charge in [0.05, 0.1) is 0 Å². The van der Waals surface area contributed by atoms with Crippen molar-refractivity contribution in [2.24, 2.45) is 10.7 Å². The maximum absolute atomic E-state index is 14.2. The van der Waals surface area contributed by atoms with E-state index >= 15 is 0 Å². The fraction of sp³-hybridized carbons (Fsp3) is 0.533. The van der Waals surface area contributed by atoms with E-state index in [4.69, 9.17) is 11.5 Å². The molecule has 2 rings (SSSR count). The zero-order valence-electron chi connectivity index (χ0n) is 13.1. The highest BCUT2D eigenvalue weighted by Gasteiger charge is 2.50. The van der Waals surface area contributed by atoms with Crippen molar-refractivity contribution in [3.63, 3.8) is 0 Å². The molecule has 0 aliphatic carbocycles. The van der Waals surface area contributed by atoms with Gasteiger partial charge < -0.3 is 11.5 Å². The van der Waals surface area contributed by atoms with E-state index < -0.39 is 32.6 Å². The Hall–Kier alpha value is -1.70. The van der Waals surface area contributed by atoms with Crippen LogP contribution in [0.2, 0.25) is 0 Å². The van der Waals surface area contributed by atoms with Gasteiger partial charge in [-0.05, 0) is 38.0 Å². The van der Waals surface area contributed by atoms with Gasteiger partial charge in [-0.3, -0.25) is 4.99 Å².